The van der Waals surface area contributed by atoms with Gasteiger partial charge in [-0.25, -0.2) is 4.39 Å². The molecule has 1 amide bonds. The van der Waals surface area contributed by atoms with Crippen LogP contribution in [0.15, 0.2) is 47.7 Å². The molecule has 7 heteroatoms. The lowest BCUT2D eigenvalue weighted by Crippen LogP contribution is -2.33. The number of aliphatic imine (C=N–C) groups is 1. The van der Waals surface area contributed by atoms with Crippen molar-refractivity contribution in [3.63, 3.8) is 0 Å². The van der Waals surface area contributed by atoms with E-state index in [1.54, 1.807) is 12.4 Å². The lowest BCUT2D eigenvalue weighted by Gasteiger charge is -2.18. The van der Waals surface area contributed by atoms with E-state index >= 15 is 0 Å². The predicted octanol–water partition coefficient (Wildman–Crippen LogP) is 3.62. The molecular weight excluding hydrogens is 337 g/mol. The van der Waals surface area contributed by atoms with Gasteiger partial charge in [0.1, 0.15) is 5.82 Å². The minimum Gasteiger partial charge on any atom is -0.285 e. The molecule has 1 aliphatic heterocycles. The summed E-state index contributed by atoms with van der Waals surface area (Å²) in [6, 6.07) is 8.02. The van der Waals surface area contributed by atoms with Crippen LogP contribution in [0.2, 0.25) is 5.02 Å². The molecule has 1 aromatic heterocycles. The molecule has 23 heavy (non-hydrogen) atoms. The zero-order chi connectivity index (χ0) is 16.2. The van der Waals surface area contributed by atoms with Gasteiger partial charge < -0.3 is 0 Å². The number of rotatable bonds is 3. The Morgan fingerprint density at radius 2 is 2.22 bits per heavy atom. The highest BCUT2D eigenvalue weighted by Crippen LogP contribution is 2.25. The fourth-order valence-corrected chi connectivity index (χ4v) is 3.43. The Hall–Kier alpha value is -1.92. The van der Waals surface area contributed by atoms with Crippen LogP contribution >= 0.6 is 23.4 Å². The molecule has 0 aliphatic carbocycles. The zero-order valence-corrected chi connectivity index (χ0v) is 13.6. The molecule has 4 nitrogen and oxygen atoms in total. The van der Waals surface area contributed by atoms with E-state index in [1.165, 1.54) is 34.9 Å². The molecule has 0 atom stereocenters. The van der Waals surface area contributed by atoms with E-state index in [2.05, 4.69) is 9.98 Å². The number of hydrogen-bond donors (Lipinski definition) is 0. The summed E-state index contributed by atoms with van der Waals surface area (Å²) < 4.78 is 13.9. The number of thioether (sulfide) groups is 1. The average molecular weight is 350 g/mol. The van der Waals surface area contributed by atoms with Crippen molar-refractivity contribution in [3.8, 4) is 0 Å². The molecule has 2 aromatic rings. The first-order valence-corrected chi connectivity index (χ1v) is 8.35. The number of benzene rings is 1. The Labute approximate surface area is 142 Å². The maximum absolute atomic E-state index is 13.9. The van der Waals surface area contributed by atoms with Crippen molar-refractivity contribution in [2.45, 2.75) is 5.75 Å². The van der Waals surface area contributed by atoms with Gasteiger partial charge in [-0.2, -0.15) is 0 Å². The summed E-state index contributed by atoms with van der Waals surface area (Å²) in [6.07, 6.45) is 3.47. The highest BCUT2D eigenvalue weighted by Gasteiger charge is 2.28. The maximum atomic E-state index is 13.9. The number of amides is 1. The number of halogens is 2. The second kappa shape index (κ2) is 7.10. The number of amidine groups is 1. The molecular formula is C16H13ClFN3OS. The fourth-order valence-electron chi connectivity index (χ4n) is 2.21. The molecule has 1 aromatic carbocycles. The fraction of sp³-hybridized carbons (Fsp3) is 0.188. The van der Waals surface area contributed by atoms with Crippen LogP contribution in [0.1, 0.15) is 15.9 Å². The third-order valence-corrected chi connectivity index (χ3v) is 4.71. The summed E-state index contributed by atoms with van der Waals surface area (Å²) in [5.74, 6) is -0.435. The summed E-state index contributed by atoms with van der Waals surface area (Å²) in [7, 11) is 0. The van der Waals surface area contributed by atoms with E-state index in [-0.39, 0.29) is 10.6 Å². The smallest absolute Gasteiger partial charge is 0.264 e. The summed E-state index contributed by atoms with van der Waals surface area (Å²) in [5, 5.41) is 0.691. The quantitative estimate of drug-likeness (QED) is 0.850. The Morgan fingerprint density at radius 1 is 1.35 bits per heavy atom. The van der Waals surface area contributed by atoms with Crippen LogP contribution < -0.4 is 0 Å². The van der Waals surface area contributed by atoms with Gasteiger partial charge in [-0.1, -0.05) is 35.5 Å². The van der Waals surface area contributed by atoms with Gasteiger partial charge in [0.05, 0.1) is 17.1 Å². The first kappa shape index (κ1) is 16.0. The van der Waals surface area contributed by atoms with Gasteiger partial charge in [0.15, 0.2) is 5.17 Å². The molecule has 2 heterocycles. The van der Waals surface area contributed by atoms with E-state index in [0.717, 1.165) is 5.56 Å². The van der Waals surface area contributed by atoms with E-state index in [1.807, 2.05) is 12.1 Å². The van der Waals surface area contributed by atoms with Gasteiger partial charge in [0, 0.05) is 24.7 Å². The molecule has 1 aliphatic rings. The SMILES string of the molecule is O=C(c1c(F)cccc1Cl)N1CCN=C1SCc1cccnc1. The molecule has 0 spiro atoms. The van der Waals surface area contributed by atoms with E-state index in [0.29, 0.717) is 24.0 Å². The molecule has 0 radical (unpaired) electrons. The number of hydrogen-bond acceptors (Lipinski definition) is 4. The second-order valence-corrected chi connectivity index (χ2v) is 6.22. The van der Waals surface area contributed by atoms with Crippen molar-refractivity contribution in [2.24, 2.45) is 4.99 Å². The van der Waals surface area contributed by atoms with E-state index in [4.69, 9.17) is 11.6 Å². The highest BCUT2D eigenvalue weighted by atomic mass is 35.5. The van der Waals surface area contributed by atoms with Crippen LogP contribution in [0.3, 0.4) is 0 Å². The topological polar surface area (TPSA) is 45.6 Å². The molecule has 3 rings (SSSR count). The first-order chi connectivity index (χ1) is 11.2. The maximum Gasteiger partial charge on any atom is 0.264 e. The summed E-state index contributed by atoms with van der Waals surface area (Å²) in [4.78, 5) is 22.5. The van der Waals surface area contributed by atoms with Crippen LogP contribution in [0.5, 0.6) is 0 Å². The lowest BCUT2D eigenvalue weighted by atomic mass is 10.2. The van der Waals surface area contributed by atoms with Gasteiger partial charge in [-0.3, -0.25) is 19.7 Å². The van der Waals surface area contributed by atoms with Gasteiger partial charge in [-0.05, 0) is 23.8 Å². The van der Waals surface area contributed by atoms with Gasteiger partial charge in [-0.15, -0.1) is 0 Å². The van der Waals surface area contributed by atoms with E-state index in [9.17, 15) is 9.18 Å². The molecule has 0 N–H and O–H groups in total. The molecule has 118 valence electrons. The number of carbonyl (C=O) groups excluding carboxylic acids is 1. The van der Waals surface area contributed by atoms with Crippen molar-refractivity contribution >= 4 is 34.4 Å². The molecule has 0 fully saturated rings. The number of aromatic nitrogens is 1. The monoisotopic (exact) mass is 349 g/mol. The third kappa shape index (κ3) is 3.54. The largest absolute Gasteiger partial charge is 0.285 e. The van der Waals surface area contributed by atoms with Gasteiger partial charge >= 0.3 is 0 Å². The molecule has 0 bridgehead atoms. The number of carbonyl (C=O) groups is 1. The Kier molecular flexibility index (Phi) is 4.93. The van der Waals surface area contributed by atoms with Crippen molar-refractivity contribution in [3.05, 3.63) is 64.7 Å². The lowest BCUT2D eigenvalue weighted by molar-refractivity contribution is 0.0856. The highest BCUT2D eigenvalue weighted by molar-refractivity contribution is 8.13. The normalized spacial score (nSPS) is 14.0. The van der Waals surface area contributed by atoms with E-state index < -0.39 is 11.7 Å². The third-order valence-electron chi connectivity index (χ3n) is 3.31. The van der Waals surface area contributed by atoms with Crippen LogP contribution in [0.25, 0.3) is 0 Å². The predicted molar refractivity (Wildman–Crippen MR) is 90.3 cm³/mol. The Balaban J connectivity index is 1.75. The van der Waals surface area contributed by atoms with Crippen LogP contribution in [-0.2, 0) is 5.75 Å². The zero-order valence-electron chi connectivity index (χ0n) is 12.1. The van der Waals surface area contributed by atoms with Gasteiger partial charge in [0.2, 0.25) is 0 Å². The summed E-state index contributed by atoms with van der Waals surface area (Å²) in [6.45, 7) is 0.937. The first-order valence-electron chi connectivity index (χ1n) is 6.99. The molecule has 0 saturated heterocycles. The Bertz CT molecular complexity index is 734. The van der Waals surface area contributed by atoms with Crippen molar-refractivity contribution < 1.29 is 9.18 Å². The molecule has 0 unspecified atom stereocenters. The second-order valence-electron chi connectivity index (χ2n) is 4.87. The van der Waals surface area contributed by atoms with Crippen LogP contribution in [-0.4, -0.2) is 34.0 Å². The summed E-state index contributed by atoms with van der Waals surface area (Å²) in [5.41, 5.74) is 0.925. The van der Waals surface area contributed by atoms with Crippen molar-refractivity contribution in [1.29, 1.82) is 0 Å². The Morgan fingerprint density at radius 3 is 2.96 bits per heavy atom. The van der Waals surface area contributed by atoms with Crippen molar-refractivity contribution in [1.82, 2.24) is 9.88 Å². The standard InChI is InChI=1S/C16H13ClFN3OS/c17-12-4-1-5-13(18)14(12)15(22)21-8-7-20-16(21)23-10-11-3-2-6-19-9-11/h1-6,9H,7-8,10H2. The number of nitrogens with zero attached hydrogens (tertiary/aromatic N) is 3. The van der Waals surface area contributed by atoms with Crippen molar-refractivity contribution in [2.75, 3.05) is 13.1 Å². The van der Waals surface area contributed by atoms with Gasteiger partial charge in [0.25, 0.3) is 5.91 Å². The van der Waals surface area contributed by atoms with Crippen LogP contribution in [0.4, 0.5) is 4.39 Å². The minimum atomic E-state index is -0.619. The minimum absolute atomic E-state index is 0.106. The average Bonchev–Trinajstić information content (AvgIpc) is 3.02. The number of pyridine rings is 1. The van der Waals surface area contributed by atoms with Crippen LogP contribution in [0, 0.1) is 5.82 Å². The molecule has 0 saturated carbocycles. The summed E-state index contributed by atoms with van der Waals surface area (Å²) >= 11 is 7.41.